The zero-order valence-corrected chi connectivity index (χ0v) is 18.5. The first-order chi connectivity index (χ1) is 12.3. The summed E-state index contributed by atoms with van der Waals surface area (Å²) in [7, 11) is -3.67. The van der Waals surface area contributed by atoms with E-state index in [2.05, 4.69) is 10.00 Å². The molecule has 1 fully saturated rings. The second-order valence-corrected chi connectivity index (χ2v) is 10.9. The van der Waals surface area contributed by atoms with E-state index < -0.39 is 10.0 Å². The summed E-state index contributed by atoms with van der Waals surface area (Å²) in [5.74, 6) is 0. The van der Waals surface area contributed by atoms with Gasteiger partial charge in [0.1, 0.15) is 4.90 Å². The maximum absolute atomic E-state index is 12.9. The van der Waals surface area contributed by atoms with Crippen LogP contribution < -0.4 is 0 Å². The molecule has 1 aliphatic heterocycles. The van der Waals surface area contributed by atoms with E-state index in [4.69, 9.17) is 35.4 Å². The molecule has 1 saturated heterocycles. The Bertz CT molecular complexity index is 952. The highest BCUT2D eigenvalue weighted by Gasteiger charge is 2.30. The summed E-state index contributed by atoms with van der Waals surface area (Å²) >= 11 is 20.4. The summed E-state index contributed by atoms with van der Waals surface area (Å²) in [6.07, 6.45) is 1.96. The van der Waals surface area contributed by atoms with Crippen molar-refractivity contribution in [3.05, 3.63) is 32.2 Å². The molecule has 3 rings (SSSR count). The van der Waals surface area contributed by atoms with Gasteiger partial charge in [-0.15, -0.1) is 0 Å². The minimum absolute atomic E-state index is 0.0476. The van der Waals surface area contributed by atoms with Crippen molar-refractivity contribution in [1.82, 2.24) is 19.0 Å². The number of piperazine rings is 1. The minimum atomic E-state index is -3.67. The van der Waals surface area contributed by atoms with Gasteiger partial charge in [-0.2, -0.15) is 9.40 Å². The SMILES string of the molecule is CSc1nn(CN2CCN(S(=O)(=O)c3cccc(Cl)c3Cl)CC2)c(=S)s1. The fourth-order valence-electron chi connectivity index (χ4n) is 2.58. The van der Waals surface area contributed by atoms with E-state index in [1.807, 2.05) is 6.26 Å². The number of aromatic nitrogens is 2. The van der Waals surface area contributed by atoms with E-state index >= 15 is 0 Å². The highest BCUT2D eigenvalue weighted by Crippen LogP contribution is 2.31. The number of halogens is 2. The Kier molecular flexibility index (Phi) is 6.66. The van der Waals surface area contributed by atoms with Crippen molar-refractivity contribution in [3.63, 3.8) is 0 Å². The van der Waals surface area contributed by atoms with Crippen LogP contribution in [0.2, 0.25) is 10.0 Å². The summed E-state index contributed by atoms with van der Waals surface area (Å²) in [4.78, 5) is 2.18. The number of thioether (sulfide) groups is 1. The minimum Gasteiger partial charge on any atom is -0.282 e. The van der Waals surface area contributed by atoms with Crippen molar-refractivity contribution in [1.29, 1.82) is 0 Å². The van der Waals surface area contributed by atoms with Gasteiger partial charge in [0, 0.05) is 26.2 Å². The predicted molar refractivity (Wildman–Crippen MR) is 110 cm³/mol. The van der Waals surface area contributed by atoms with Gasteiger partial charge >= 0.3 is 0 Å². The topological polar surface area (TPSA) is 58.4 Å². The first-order valence-corrected chi connectivity index (χ1v) is 12.3. The van der Waals surface area contributed by atoms with E-state index in [1.54, 1.807) is 28.6 Å². The average Bonchev–Trinajstić information content (AvgIpc) is 2.97. The number of nitrogens with zero attached hydrogens (tertiary/aromatic N) is 4. The largest absolute Gasteiger partial charge is 0.282 e. The fraction of sp³-hybridized carbons (Fsp3) is 0.429. The number of benzene rings is 1. The maximum atomic E-state index is 12.9. The van der Waals surface area contributed by atoms with Gasteiger partial charge in [0.25, 0.3) is 0 Å². The van der Waals surface area contributed by atoms with Crippen LogP contribution in [0.4, 0.5) is 0 Å². The van der Waals surface area contributed by atoms with Gasteiger partial charge in [0.05, 0.1) is 16.7 Å². The lowest BCUT2D eigenvalue weighted by molar-refractivity contribution is 0.144. The number of hydrogen-bond donors (Lipinski definition) is 0. The van der Waals surface area contributed by atoms with Crippen LogP contribution in [0.25, 0.3) is 0 Å². The lowest BCUT2D eigenvalue weighted by atomic mass is 10.4. The molecule has 1 aromatic heterocycles. The Balaban J connectivity index is 1.69. The van der Waals surface area contributed by atoms with Crippen LogP contribution in [0.3, 0.4) is 0 Å². The summed E-state index contributed by atoms with van der Waals surface area (Å²) in [5, 5.41) is 4.74. The van der Waals surface area contributed by atoms with Gasteiger partial charge in [0.15, 0.2) is 8.29 Å². The van der Waals surface area contributed by atoms with Gasteiger partial charge in [0.2, 0.25) is 10.0 Å². The molecule has 0 saturated carbocycles. The standard InChI is InChI=1S/C14H16Cl2N4O2S4/c1-24-13-17-20(14(23)25-13)9-18-5-7-19(8-6-18)26(21,22)11-4-2-3-10(15)12(11)16/h2-4H,5-9H2,1H3. The zero-order valence-electron chi connectivity index (χ0n) is 13.8. The third-order valence-corrected chi connectivity index (χ3v) is 9.12. The second-order valence-electron chi connectivity index (χ2n) is 5.55. The van der Waals surface area contributed by atoms with Crippen molar-refractivity contribution >= 4 is 68.5 Å². The molecule has 142 valence electrons. The number of hydrogen-bond acceptors (Lipinski definition) is 7. The van der Waals surface area contributed by atoms with Crippen LogP contribution in [0.1, 0.15) is 0 Å². The fourth-order valence-corrected chi connectivity index (χ4v) is 6.48. The van der Waals surface area contributed by atoms with E-state index in [0.29, 0.717) is 32.8 Å². The van der Waals surface area contributed by atoms with Crippen LogP contribution in [-0.2, 0) is 16.7 Å². The summed E-state index contributed by atoms with van der Waals surface area (Å²) in [5.41, 5.74) is 0. The van der Waals surface area contributed by atoms with E-state index in [1.165, 1.54) is 21.7 Å². The van der Waals surface area contributed by atoms with Gasteiger partial charge in [-0.25, -0.2) is 13.1 Å². The molecule has 0 bridgehead atoms. The smallest absolute Gasteiger partial charge is 0.244 e. The molecule has 0 radical (unpaired) electrons. The van der Waals surface area contributed by atoms with Gasteiger partial charge in [-0.3, -0.25) is 4.90 Å². The Hall–Kier alpha value is -0.200. The van der Waals surface area contributed by atoms with Crippen molar-refractivity contribution in [2.24, 2.45) is 0 Å². The lowest BCUT2D eigenvalue weighted by Gasteiger charge is -2.33. The second kappa shape index (κ2) is 8.44. The van der Waals surface area contributed by atoms with E-state index in [-0.39, 0.29) is 14.9 Å². The molecule has 0 unspecified atom stereocenters. The Labute approximate surface area is 175 Å². The van der Waals surface area contributed by atoms with Crippen molar-refractivity contribution in [3.8, 4) is 0 Å². The molecular formula is C14H16Cl2N4O2S4. The van der Waals surface area contributed by atoms with E-state index in [9.17, 15) is 8.42 Å². The molecule has 26 heavy (non-hydrogen) atoms. The Morgan fingerprint density at radius 2 is 1.96 bits per heavy atom. The molecule has 12 heteroatoms. The number of rotatable bonds is 5. The first-order valence-electron chi connectivity index (χ1n) is 7.61. The lowest BCUT2D eigenvalue weighted by Crippen LogP contribution is -2.49. The average molecular weight is 471 g/mol. The zero-order chi connectivity index (χ0) is 18.9. The Morgan fingerprint density at radius 1 is 1.27 bits per heavy atom. The van der Waals surface area contributed by atoms with Crippen LogP contribution in [-0.4, -0.2) is 59.8 Å². The van der Waals surface area contributed by atoms with Crippen molar-refractivity contribution in [2.45, 2.75) is 15.9 Å². The number of sulfonamides is 1. The molecule has 2 heterocycles. The molecule has 2 aromatic rings. The molecule has 0 amide bonds. The van der Waals surface area contributed by atoms with Crippen LogP contribution >= 0.6 is 58.5 Å². The Morgan fingerprint density at radius 3 is 2.58 bits per heavy atom. The molecular weight excluding hydrogens is 455 g/mol. The third-order valence-electron chi connectivity index (χ3n) is 3.96. The third kappa shape index (κ3) is 4.27. The quantitative estimate of drug-likeness (QED) is 0.490. The van der Waals surface area contributed by atoms with Gasteiger partial charge in [-0.05, 0) is 30.6 Å². The first kappa shape index (κ1) is 20.5. The van der Waals surface area contributed by atoms with E-state index in [0.717, 1.165) is 8.29 Å². The highest BCUT2D eigenvalue weighted by atomic mass is 35.5. The molecule has 6 nitrogen and oxygen atoms in total. The monoisotopic (exact) mass is 470 g/mol. The van der Waals surface area contributed by atoms with Crippen molar-refractivity contribution < 1.29 is 8.42 Å². The summed E-state index contributed by atoms with van der Waals surface area (Å²) in [6, 6.07) is 4.64. The van der Waals surface area contributed by atoms with Gasteiger partial charge in [-0.1, -0.05) is 52.4 Å². The maximum Gasteiger partial charge on any atom is 0.244 e. The molecule has 1 aromatic carbocycles. The van der Waals surface area contributed by atoms with Crippen LogP contribution in [0, 0.1) is 3.95 Å². The van der Waals surface area contributed by atoms with Gasteiger partial charge < -0.3 is 0 Å². The summed E-state index contributed by atoms with van der Waals surface area (Å²) in [6.45, 7) is 2.48. The van der Waals surface area contributed by atoms with Crippen molar-refractivity contribution in [2.75, 3.05) is 32.4 Å². The molecule has 0 spiro atoms. The predicted octanol–water partition coefficient (Wildman–Crippen LogP) is 3.67. The van der Waals surface area contributed by atoms with Crippen LogP contribution in [0.15, 0.2) is 27.4 Å². The van der Waals surface area contributed by atoms with Crippen LogP contribution in [0.5, 0.6) is 0 Å². The molecule has 0 atom stereocenters. The normalized spacial score (nSPS) is 16.9. The molecule has 0 N–H and O–H groups in total. The highest BCUT2D eigenvalue weighted by molar-refractivity contribution is 8.00. The molecule has 0 aliphatic carbocycles. The summed E-state index contributed by atoms with van der Waals surface area (Å²) < 4.78 is 30.6. The molecule has 1 aliphatic rings.